The number of benzene rings is 1. The lowest BCUT2D eigenvalue weighted by Crippen LogP contribution is -2.62. The standard InChI is InChI=1S/C60H80F3N11O6S/c1-35(2)50(71-19-16-59(31-71)17-20-72(32-59)56(77)53-51(68(53)6)37-10-11-37)54(75)66-45-27-48-65-46(30-81-48)38-12-15-47-41(25-38)43(28-58(4,5)34-80-57(78)44-9-8-18-74(67-44)55(45)76)52(73(47)33-60(61,62)63)42-26-40(29-64-49(42)36(3)79-7)70-23-21-69(22-24-70)39-13-14-39/h12,15,25-26,29-30,35-37,39,44-45,50-51,53,67H,8-11,13-14,16-24,27-28,31-34H2,1-7H3,(H,66,75)/t36-,44-,45-,50-,51+,53+,59-,68?/m0/s1/i33D2. The van der Waals surface area contributed by atoms with Crippen LogP contribution in [0.3, 0.4) is 0 Å². The molecule has 2 aliphatic carbocycles. The van der Waals surface area contributed by atoms with Gasteiger partial charge in [0, 0.05) is 116 Å². The number of ether oxygens (including phenoxy) is 2. The minimum Gasteiger partial charge on any atom is -0.464 e. The van der Waals surface area contributed by atoms with Crippen LogP contribution in [-0.4, -0.2) is 185 Å². The molecule has 17 nitrogen and oxygen atoms in total. The number of thiazole rings is 1. The van der Waals surface area contributed by atoms with Crippen molar-refractivity contribution >= 4 is 51.6 Å². The molecule has 1 unspecified atom stereocenters. The molecule has 21 heteroatoms. The van der Waals surface area contributed by atoms with Crippen LogP contribution in [0, 0.1) is 22.7 Å². The van der Waals surface area contributed by atoms with Gasteiger partial charge in [0.1, 0.15) is 24.6 Å². The summed E-state index contributed by atoms with van der Waals surface area (Å²) in [5, 5.41) is 7.26. The monoisotopic (exact) mass is 1140 g/mol. The number of nitrogens with one attached hydrogen (secondary N) is 2. The van der Waals surface area contributed by atoms with Gasteiger partial charge >= 0.3 is 12.1 Å². The second-order valence-corrected chi connectivity index (χ2v) is 26.7. The molecule has 8 aliphatic rings. The van der Waals surface area contributed by atoms with E-state index in [0.717, 1.165) is 30.5 Å². The average Bonchev–Trinajstić information content (AvgIpc) is 1.91. The Hall–Kier alpha value is -5.19. The second kappa shape index (κ2) is 21.8. The van der Waals surface area contributed by atoms with Gasteiger partial charge in [-0.3, -0.25) is 43.9 Å². The van der Waals surface area contributed by atoms with Gasteiger partial charge in [0.25, 0.3) is 5.91 Å². The normalized spacial score (nSPS) is 29.0. The Labute approximate surface area is 480 Å². The first-order valence-corrected chi connectivity index (χ1v) is 30.3. The molecule has 3 aromatic heterocycles. The minimum absolute atomic E-state index is 0.000743. The molecule has 0 radical (unpaired) electrons. The van der Waals surface area contributed by atoms with Crippen molar-refractivity contribution in [2.45, 2.75) is 154 Å². The number of alkyl halides is 3. The second-order valence-electron chi connectivity index (χ2n) is 25.8. The van der Waals surface area contributed by atoms with Crippen LogP contribution in [0.5, 0.6) is 0 Å². The van der Waals surface area contributed by atoms with E-state index < -0.39 is 54.2 Å². The molecule has 3 amide bonds. The van der Waals surface area contributed by atoms with Gasteiger partial charge < -0.3 is 29.2 Å². The summed E-state index contributed by atoms with van der Waals surface area (Å²) < 4.78 is 77.6. The van der Waals surface area contributed by atoms with E-state index in [9.17, 15) is 19.2 Å². The predicted molar refractivity (Wildman–Crippen MR) is 303 cm³/mol. The van der Waals surface area contributed by atoms with Crippen molar-refractivity contribution in [1.29, 1.82) is 0 Å². The molecule has 9 heterocycles. The van der Waals surface area contributed by atoms with E-state index in [2.05, 4.69) is 37.4 Å². The lowest BCUT2D eigenvalue weighted by Gasteiger charge is -2.37. The number of piperazine rings is 1. The topological polar surface area (TPSA) is 161 Å². The van der Waals surface area contributed by atoms with Gasteiger partial charge in [0.15, 0.2) is 0 Å². The zero-order valence-electron chi connectivity index (χ0n) is 49.8. The van der Waals surface area contributed by atoms with Crippen molar-refractivity contribution in [2.75, 3.05) is 84.6 Å². The number of hydrazine groups is 1. The van der Waals surface area contributed by atoms with Crippen molar-refractivity contribution in [3.63, 3.8) is 0 Å². The number of cyclic esters (lactones) is 1. The summed E-state index contributed by atoms with van der Waals surface area (Å²) in [6, 6.07) is 5.01. The number of amides is 3. The first kappa shape index (κ1) is 53.8. The fourth-order valence-electron chi connectivity index (χ4n) is 14.1. The fraction of sp³-hybridized carbons (Fsp3) is 0.667. The van der Waals surface area contributed by atoms with E-state index in [4.69, 9.17) is 22.2 Å². The molecule has 1 aromatic carbocycles. The number of likely N-dealkylation sites (tertiary alicyclic amines) is 2. The maximum Gasteiger partial charge on any atom is 0.406 e. The zero-order chi connectivity index (χ0) is 58.7. The van der Waals surface area contributed by atoms with Crippen LogP contribution in [0.4, 0.5) is 18.9 Å². The highest BCUT2D eigenvalue weighted by Crippen LogP contribution is 2.49. The zero-order valence-corrected chi connectivity index (χ0v) is 48.6. The van der Waals surface area contributed by atoms with E-state index in [1.165, 1.54) is 55.2 Å². The van der Waals surface area contributed by atoms with E-state index in [1.807, 2.05) is 44.0 Å². The number of anilines is 1. The number of likely N-dealkylation sites (N-methyl/N-ethyl adjacent to an activating group) is 1. The number of methoxy groups -OCH3 is 1. The maximum atomic E-state index is 15.6. The molecule has 2 N–H and O–H groups in total. The largest absolute Gasteiger partial charge is 0.464 e. The van der Waals surface area contributed by atoms with E-state index in [1.54, 1.807) is 25.3 Å². The van der Waals surface area contributed by atoms with Crippen LogP contribution >= 0.6 is 11.3 Å². The van der Waals surface area contributed by atoms with Crippen molar-refractivity contribution in [3.8, 4) is 22.5 Å². The molecule has 81 heavy (non-hydrogen) atoms. The summed E-state index contributed by atoms with van der Waals surface area (Å²) in [7, 11) is 3.55. The van der Waals surface area contributed by atoms with Gasteiger partial charge in [-0.1, -0.05) is 33.8 Å². The number of pyridine rings is 1. The van der Waals surface area contributed by atoms with Crippen LogP contribution in [0.1, 0.15) is 111 Å². The summed E-state index contributed by atoms with van der Waals surface area (Å²) in [6.45, 7) is 11.4. The van der Waals surface area contributed by atoms with E-state index in [-0.39, 0.29) is 66.4 Å². The maximum absolute atomic E-state index is 15.6. The van der Waals surface area contributed by atoms with E-state index >= 15 is 13.2 Å². The van der Waals surface area contributed by atoms with E-state index in [0.29, 0.717) is 114 Å². The third-order valence-electron chi connectivity index (χ3n) is 18.8. The smallest absolute Gasteiger partial charge is 0.406 e. The predicted octanol–water partition coefficient (Wildman–Crippen LogP) is 7.07. The van der Waals surface area contributed by atoms with Crippen molar-refractivity contribution in [2.24, 2.45) is 22.7 Å². The van der Waals surface area contributed by atoms with Gasteiger partial charge in [0.05, 0.1) is 55.5 Å². The molecule has 5 saturated heterocycles. The molecule has 7 fully saturated rings. The van der Waals surface area contributed by atoms with Gasteiger partial charge in [0.2, 0.25) is 11.8 Å². The van der Waals surface area contributed by atoms with Crippen molar-refractivity contribution in [1.82, 2.24) is 49.9 Å². The van der Waals surface area contributed by atoms with Gasteiger partial charge in [-0.15, -0.1) is 11.3 Å². The highest BCUT2D eigenvalue weighted by Gasteiger charge is 2.59. The number of nitrogens with zero attached hydrogens (tertiary/aromatic N) is 9. The molecule has 6 aliphatic heterocycles. The van der Waals surface area contributed by atoms with Crippen LogP contribution in [0.25, 0.3) is 33.4 Å². The number of carbonyl (C=O) groups excluding carboxylic acids is 4. The van der Waals surface area contributed by atoms with Crippen LogP contribution in [0.2, 0.25) is 0 Å². The summed E-state index contributed by atoms with van der Waals surface area (Å²) in [5.41, 5.74) is 4.80. The van der Waals surface area contributed by atoms with Crippen molar-refractivity contribution < 1.29 is 44.6 Å². The summed E-state index contributed by atoms with van der Waals surface area (Å²) >= 11 is 1.29. The quantitative estimate of drug-likeness (QED) is 0.110. The number of halogens is 3. The average molecular weight is 1140 g/mol. The molecule has 12 rings (SSSR count). The highest BCUT2D eigenvalue weighted by atomic mass is 32.1. The molecule has 438 valence electrons. The number of hydrogen-bond donors (Lipinski definition) is 2. The highest BCUT2D eigenvalue weighted by molar-refractivity contribution is 7.10. The Morgan fingerprint density at radius 3 is 2.48 bits per heavy atom. The van der Waals surface area contributed by atoms with Crippen molar-refractivity contribution in [3.05, 3.63) is 52.1 Å². The number of carbonyl (C=O) groups is 4. The molecular formula is C60H80F3N11O6S. The Kier molecular flexibility index (Phi) is 14.5. The first-order valence-electron chi connectivity index (χ1n) is 30.5. The third-order valence-corrected chi connectivity index (χ3v) is 19.7. The lowest BCUT2D eigenvalue weighted by molar-refractivity contribution is -0.155. The SMILES string of the molecule is [2H]C([2H])(n1c(-c2cc(N3CCN(C4CC4)CC3)cnc2[C@H](C)OC)c2c3cc(ccc31)-c1csc(n1)C[C@H](NC(=O)[C@H](C(C)C)N1CC[C@]3(CCN(C(=O)[C@H]4[C@@H](C5CC5)N4C)C3)C1)C(=O)N1CCC[C@H](N1)C(=O)OCC(C)(C)C2)C(F)(F)F. The Bertz CT molecular complexity index is 3160. The molecule has 1 spiro atoms. The number of fused-ring (bicyclic) bond motifs is 6. The number of aromatic nitrogens is 3. The number of rotatable bonds is 12. The summed E-state index contributed by atoms with van der Waals surface area (Å²) in [6.07, 6.45) is 2.95. The number of esters is 1. The third kappa shape index (κ3) is 11.5. The summed E-state index contributed by atoms with van der Waals surface area (Å²) in [4.78, 5) is 79.0. The molecule has 8 atom stereocenters. The molecule has 6 bridgehead atoms. The van der Waals surface area contributed by atoms with Gasteiger partial charge in [-0.2, -0.15) is 13.2 Å². The minimum atomic E-state index is -5.37. The number of hydrogen-bond acceptors (Lipinski definition) is 14. The first-order chi connectivity index (χ1) is 39.4. The van der Waals surface area contributed by atoms with Crippen LogP contribution < -0.4 is 15.6 Å². The Morgan fingerprint density at radius 2 is 1.77 bits per heavy atom. The van der Waals surface area contributed by atoms with Gasteiger partial charge in [-0.05, 0) is 114 Å². The molecule has 4 aromatic rings. The fourth-order valence-corrected chi connectivity index (χ4v) is 14.9. The summed E-state index contributed by atoms with van der Waals surface area (Å²) in [5.74, 6) is -0.643. The molecule has 2 saturated carbocycles. The lowest BCUT2D eigenvalue weighted by atomic mass is 9.84. The molecular weight excluding hydrogens is 1060 g/mol. The Balaban J connectivity index is 0.896. The van der Waals surface area contributed by atoms with Gasteiger partial charge in [-0.25, -0.2) is 10.4 Å². The van der Waals surface area contributed by atoms with Crippen LogP contribution in [-0.2, 0) is 48.0 Å². The van der Waals surface area contributed by atoms with Crippen LogP contribution in [0.15, 0.2) is 35.8 Å². The Morgan fingerprint density at radius 1 is 1.00 bits per heavy atom.